The van der Waals surface area contributed by atoms with Crippen LogP contribution in [0.2, 0.25) is 0 Å². The Morgan fingerprint density at radius 3 is 2.58 bits per heavy atom. The van der Waals surface area contributed by atoms with Crippen LogP contribution in [0.5, 0.6) is 0 Å². The molecule has 4 aromatic rings. The molecule has 0 saturated heterocycles. The number of aromatic nitrogens is 2. The summed E-state index contributed by atoms with van der Waals surface area (Å²) < 4.78 is 11.0. The monoisotopic (exact) mass is 319 g/mol. The largest absolute Gasteiger partial charge is 0.451 e. The van der Waals surface area contributed by atoms with Crippen LogP contribution in [0.3, 0.4) is 0 Å². The van der Waals surface area contributed by atoms with Crippen molar-refractivity contribution in [1.29, 1.82) is 0 Å². The quantitative estimate of drug-likeness (QED) is 0.616. The van der Waals surface area contributed by atoms with Gasteiger partial charge in [-0.2, -0.15) is 0 Å². The zero-order valence-electron chi connectivity index (χ0n) is 12.8. The number of anilines is 1. The lowest BCUT2D eigenvalue weighted by atomic mass is 10.1. The molecule has 0 bridgehead atoms. The molecule has 0 atom stereocenters. The van der Waals surface area contributed by atoms with E-state index in [4.69, 9.17) is 8.83 Å². The van der Waals surface area contributed by atoms with Gasteiger partial charge < -0.3 is 8.83 Å². The summed E-state index contributed by atoms with van der Waals surface area (Å²) in [5.41, 5.74) is 2.57. The number of carbonyl (C=O) groups excluding carboxylic acids is 1. The van der Waals surface area contributed by atoms with Crippen LogP contribution in [-0.2, 0) is 0 Å². The van der Waals surface area contributed by atoms with Crippen molar-refractivity contribution in [2.45, 2.75) is 6.92 Å². The molecule has 2 heterocycles. The predicted molar refractivity (Wildman–Crippen MR) is 88.6 cm³/mol. The van der Waals surface area contributed by atoms with Gasteiger partial charge in [-0.05, 0) is 31.2 Å². The number of hydrogen-bond acceptors (Lipinski definition) is 5. The number of furan rings is 1. The number of fused-ring (bicyclic) bond motifs is 1. The Morgan fingerprint density at radius 2 is 1.79 bits per heavy atom. The first-order valence-corrected chi connectivity index (χ1v) is 7.39. The van der Waals surface area contributed by atoms with Crippen LogP contribution in [0.15, 0.2) is 63.4 Å². The number of rotatable bonds is 3. The van der Waals surface area contributed by atoms with E-state index in [1.165, 1.54) is 0 Å². The molecule has 0 aliphatic carbocycles. The van der Waals surface area contributed by atoms with Gasteiger partial charge in [0.2, 0.25) is 5.89 Å². The zero-order valence-corrected chi connectivity index (χ0v) is 12.8. The van der Waals surface area contributed by atoms with Crippen LogP contribution >= 0.6 is 0 Å². The van der Waals surface area contributed by atoms with E-state index in [1.807, 2.05) is 49.4 Å². The number of carbonyl (C=O) groups is 1. The first kappa shape index (κ1) is 14.2. The van der Waals surface area contributed by atoms with Gasteiger partial charge in [-0.3, -0.25) is 10.1 Å². The minimum Gasteiger partial charge on any atom is -0.451 e. The summed E-state index contributed by atoms with van der Waals surface area (Å²) in [6, 6.07) is 16.8. The van der Waals surface area contributed by atoms with E-state index in [0.717, 1.165) is 16.5 Å². The summed E-state index contributed by atoms with van der Waals surface area (Å²) in [6.07, 6.45) is 0. The third kappa shape index (κ3) is 2.65. The van der Waals surface area contributed by atoms with Crippen LogP contribution in [0.25, 0.3) is 22.4 Å². The number of para-hydroxylation sites is 1. The van der Waals surface area contributed by atoms with Gasteiger partial charge in [-0.15, -0.1) is 5.10 Å². The topological polar surface area (TPSA) is 81.2 Å². The second-order valence-corrected chi connectivity index (χ2v) is 5.38. The molecule has 0 unspecified atom stereocenters. The van der Waals surface area contributed by atoms with Crippen molar-refractivity contribution in [1.82, 2.24) is 10.2 Å². The summed E-state index contributed by atoms with van der Waals surface area (Å²) in [4.78, 5) is 12.2. The van der Waals surface area contributed by atoms with E-state index in [-0.39, 0.29) is 11.8 Å². The maximum absolute atomic E-state index is 12.2. The predicted octanol–water partition coefficient (Wildman–Crippen LogP) is 4.04. The molecule has 1 N–H and O–H groups in total. The van der Waals surface area contributed by atoms with Crippen LogP contribution < -0.4 is 5.32 Å². The lowest BCUT2D eigenvalue weighted by Crippen LogP contribution is -2.10. The van der Waals surface area contributed by atoms with Crippen LogP contribution in [0, 0.1) is 6.92 Å². The van der Waals surface area contributed by atoms with E-state index in [0.29, 0.717) is 11.5 Å². The average molecular weight is 319 g/mol. The minimum absolute atomic E-state index is 0.0241. The fraction of sp³-hybridized carbons (Fsp3) is 0.0556. The van der Waals surface area contributed by atoms with Crippen molar-refractivity contribution in [2.24, 2.45) is 0 Å². The Balaban J connectivity index is 1.54. The van der Waals surface area contributed by atoms with E-state index >= 15 is 0 Å². The number of aryl methyl sites for hydroxylation is 1. The highest BCUT2D eigenvalue weighted by molar-refractivity contribution is 6.03. The molecule has 24 heavy (non-hydrogen) atoms. The first-order valence-electron chi connectivity index (χ1n) is 7.39. The van der Waals surface area contributed by atoms with Gasteiger partial charge in [0.25, 0.3) is 5.91 Å². The van der Waals surface area contributed by atoms with Crippen molar-refractivity contribution >= 4 is 22.9 Å². The molecule has 2 aromatic heterocycles. The average Bonchev–Trinajstić information content (AvgIpc) is 3.22. The molecule has 0 radical (unpaired) electrons. The van der Waals surface area contributed by atoms with Gasteiger partial charge in [0, 0.05) is 10.9 Å². The molecule has 0 aliphatic heterocycles. The van der Waals surface area contributed by atoms with Gasteiger partial charge in [0.15, 0.2) is 5.76 Å². The van der Waals surface area contributed by atoms with E-state index in [2.05, 4.69) is 15.5 Å². The highest BCUT2D eigenvalue weighted by Crippen LogP contribution is 2.22. The van der Waals surface area contributed by atoms with Gasteiger partial charge in [-0.1, -0.05) is 41.0 Å². The van der Waals surface area contributed by atoms with Gasteiger partial charge in [-0.25, -0.2) is 0 Å². The molecule has 118 valence electrons. The summed E-state index contributed by atoms with van der Waals surface area (Å²) in [7, 11) is 0. The fourth-order valence-corrected chi connectivity index (χ4v) is 2.34. The summed E-state index contributed by atoms with van der Waals surface area (Å²) in [5.74, 6) is 0.0894. The van der Waals surface area contributed by atoms with Crippen LogP contribution in [0.1, 0.15) is 16.1 Å². The number of amides is 1. The standard InChI is InChI=1S/C18H13N3O3/c1-11-6-8-12(9-7-11)17-20-21-18(24-17)19-16(22)15-10-13-4-2-3-5-14(13)23-15/h2-10H,1H3,(H,19,21,22). The van der Waals surface area contributed by atoms with Crippen molar-refractivity contribution in [3.63, 3.8) is 0 Å². The van der Waals surface area contributed by atoms with Crippen molar-refractivity contribution in [2.75, 3.05) is 5.32 Å². The lowest BCUT2D eigenvalue weighted by Gasteiger charge is -1.97. The smallest absolute Gasteiger partial charge is 0.322 e. The normalized spacial score (nSPS) is 10.9. The Bertz CT molecular complexity index is 982. The van der Waals surface area contributed by atoms with Crippen molar-refractivity contribution in [3.8, 4) is 11.5 Å². The molecule has 0 fully saturated rings. The third-order valence-electron chi connectivity index (χ3n) is 3.59. The Labute approximate surface area is 137 Å². The molecule has 1 amide bonds. The number of benzene rings is 2. The number of hydrogen-bond donors (Lipinski definition) is 1. The molecule has 2 aromatic carbocycles. The van der Waals surface area contributed by atoms with Crippen LogP contribution in [-0.4, -0.2) is 16.1 Å². The lowest BCUT2D eigenvalue weighted by molar-refractivity contribution is 0.0996. The Morgan fingerprint density at radius 1 is 1.00 bits per heavy atom. The maximum atomic E-state index is 12.2. The summed E-state index contributed by atoms with van der Waals surface area (Å²) >= 11 is 0. The molecular formula is C18H13N3O3. The zero-order chi connectivity index (χ0) is 16.5. The second-order valence-electron chi connectivity index (χ2n) is 5.38. The first-order chi connectivity index (χ1) is 11.7. The summed E-state index contributed by atoms with van der Waals surface area (Å²) in [6.45, 7) is 2.00. The Kier molecular flexibility index (Phi) is 3.35. The minimum atomic E-state index is -0.440. The highest BCUT2D eigenvalue weighted by atomic mass is 16.4. The van der Waals surface area contributed by atoms with Gasteiger partial charge >= 0.3 is 6.01 Å². The number of nitrogens with one attached hydrogen (secondary N) is 1. The molecule has 6 heteroatoms. The molecule has 6 nitrogen and oxygen atoms in total. The second kappa shape index (κ2) is 5.66. The fourth-order valence-electron chi connectivity index (χ4n) is 2.34. The van der Waals surface area contributed by atoms with Crippen molar-refractivity contribution < 1.29 is 13.6 Å². The third-order valence-corrected chi connectivity index (χ3v) is 3.59. The van der Waals surface area contributed by atoms with Gasteiger partial charge in [0.1, 0.15) is 5.58 Å². The highest BCUT2D eigenvalue weighted by Gasteiger charge is 2.16. The molecular weight excluding hydrogens is 306 g/mol. The molecule has 0 aliphatic rings. The van der Waals surface area contributed by atoms with Crippen LogP contribution in [0.4, 0.5) is 6.01 Å². The van der Waals surface area contributed by atoms with E-state index in [1.54, 1.807) is 12.1 Å². The van der Waals surface area contributed by atoms with Crippen molar-refractivity contribution in [3.05, 3.63) is 65.9 Å². The molecule has 0 saturated carbocycles. The molecule has 0 spiro atoms. The SMILES string of the molecule is Cc1ccc(-c2nnc(NC(=O)c3cc4ccccc4o3)o2)cc1. The van der Waals surface area contributed by atoms with E-state index in [9.17, 15) is 4.79 Å². The summed E-state index contributed by atoms with van der Waals surface area (Å²) in [5, 5.41) is 11.2. The maximum Gasteiger partial charge on any atom is 0.322 e. The number of nitrogens with zero attached hydrogens (tertiary/aromatic N) is 2. The van der Waals surface area contributed by atoms with Gasteiger partial charge in [0.05, 0.1) is 0 Å². The Hall–Kier alpha value is -3.41. The molecule has 4 rings (SSSR count). The van der Waals surface area contributed by atoms with E-state index < -0.39 is 5.91 Å².